The van der Waals surface area contributed by atoms with E-state index in [2.05, 4.69) is 35.4 Å². The number of nitrogens with zero attached hydrogens (tertiary/aromatic N) is 3. The Balaban J connectivity index is 2.17. The summed E-state index contributed by atoms with van der Waals surface area (Å²) in [6.07, 6.45) is 5.56. The third kappa shape index (κ3) is 1.35. The fraction of sp³-hybridized carbons (Fsp3) is 0.385. The zero-order chi connectivity index (χ0) is 11.0. The molecule has 0 radical (unpaired) electrons. The number of benzene rings is 1. The molecule has 16 heavy (non-hydrogen) atoms. The van der Waals surface area contributed by atoms with Gasteiger partial charge in [-0.2, -0.15) is 0 Å². The molecule has 0 spiro atoms. The predicted molar refractivity (Wildman–Crippen MR) is 63.2 cm³/mol. The van der Waals surface area contributed by atoms with Crippen molar-refractivity contribution in [3.63, 3.8) is 0 Å². The summed E-state index contributed by atoms with van der Waals surface area (Å²) in [6.45, 7) is 2.97. The van der Waals surface area contributed by atoms with Gasteiger partial charge in [-0.25, -0.2) is 4.68 Å². The minimum absolute atomic E-state index is 0.874. The summed E-state index contributed by atoms with van der Waals surface area (Å²) in [6, 6.07) is 6.58. The van der Waals surface area contributed by atoms with Gasteiger partial charge in [-0.1, -0.05) is 23.4 Å². The van der Waals surface area contributed by atoms with E-state index in [1.54, 1.807) is 0 Å². The Hall–Kier alpha value is -1.64. The van der Waals surface area contributed by atoms with E-state index in [0.717, 1.165) is 12.2 Å². The highest BCUT2D eigenvalue weighted by molar-refractivity contribution is 5.66. The summed E-state index contributed by atoms with van der Waals surface area (Å²) in [7, 11) is 0. The van der Waals surface area contributed by atoms with E-state index in [9.17, 15) is 0 Å². The summed E-state index contributed by atoms with van der Waals surface area (Å²) in [5, 5.41) is 8.11. The molecule has 1 aliphatic rings. The van der Waals surface area contributed by atoms with Crippen molar-refractivity contribution in [1.29, 1.82) is 0 Å². The third-order valence-corrected chi connectivity index (χ3v) is 3.34. The lowest BCUT2D eigenvalue weighted by atomic mass is 10.0. The molecule has 1 heterocycles. The molecular weight excluding hydrogens is 198 g/mol. The van der Waals surface area contributed by atoms with Gasteiger partial charge in [0.05, 0.1) is 11.9 Å². The van der Waals surface area contributed by atoms with Crippen molar-refractivity contribution in [3.8, 4) is 11.3 Å². The SMILES string of the molecule is CCn1nncc1-c1cccc2c1CCC2. The van der Waals surface area contributed by atoms with Gasteiger partial charge in [-0.15, -0.1) is 5.10 Å². The zero-order valence-corrected chi connectivity index (χ0v) is 9.48. The van der Waals surface area contributed by atoms with E-state index >= 15 is 0 Å². The van der Waals surface area contributed by atoms with Gasteiger partial charge in [-0.05, 0) is 37.3 Å². The molecule has 0 amide bonds. The first-order chi connectivity index (χ1) is 7.90. The van der Waals surface area contributed by atoms with Crippen LogP contribution in [-0.4, -0.2) is 15.0 Å². The number of rotatable bonds is 2. The number of hydrogen-bond acceptors (Lipinski definition) is 2. The molecule has 2 aromatic rings. The van der Waals surface area contributed by atoms with Gasteiger partial charge in [0.2, 0.25) is 0 Å². The molecule has 1 aromatic carbocycles. The Bertz CT molecular complexity index is 514. The average Bonchev–Trinajstić information content (AvgIpc) is 2.96. The van der Waals surface area contributed by atoms with Gasteiger partial charge in [-0.3, -0.25) is 0 Å². The van der Waals surface area contributed by atoms with Crippen LogP contribution in [0.15, 0.2) is 24.4 Å². The molecule has 1 aliphatic carbocycles. The Morgan fingerprint density at radius 2 is 2.25 bits per heavy atom. The normalized spacial score (nSPS) is 14.1. The van der Waals surface area contributed by atoms with Crippen LogP contribution in [0.3, 0.4) is 0 Å². The quantitative estimate of drug-likeness (QED) is 0.767. The maximum absolute atomic E-state index is 4.10. The van der Waals surface area contributed by atoms with E-state index < -0.39 is 0 Å². The van der Waals surface area contributed by atoms with Crippen LogP contribution < -0.4 is 0 Å². The zero-order valence-electron chi connectivity index (χ0n) is 9.48. The van der Waals surface area contributed by atoms with Crippen molar-refractivity contribution in [1.82, 2.24) is 15.0 Å². The molecule has 0 unspecified atom stereocenters. The monoisotopic (exact) mass is 213 g/mol. The predicted octanol–water partition coefficient (Wildman–Crippen LogP) is 2.45. The van der Waals surface area contributed by atoms with E-state index in [1.807, 2.05) is 10.9 Å². The van der Waals surface area contributed by atoms with Crippen molar-refractivity contribution in [3.05, 3.63) is 35.5 Å². The van der Waals surface area contributed by atoms with Crippen molar-refractivity contribution in [2.45, 2.75) is 32.7 Å². The first-order valence-electron chi connectivity index (χ1n) is 5.89. The van der Waals surface area contributed by atoms with Gasteiger partial charge in [0.1, 0.15) is 0 Å². The van der Waals surface area contributed by atoms with Gasteiger partial charge in [0.25, 0.3) is 0 Å². The molecule has 1 aromatic heterocycles. The number of hydrogen-bond donors (Lipinski definition) is 0. The summed E-state index contributed by atoms with van der Waals surface area (Å²) in [4.78, 5) is 0. The Labute approximate surface area is 95.1 Å². The smallest absolute Gasteiger partial charge is 0.0888 e. The summed E-state index contributed by atoms with van der Waals surface area (Å²) < 4.78 is 1.97. The van der Waals surface area contributed by atoms with Crippen LogP contribution in [0.2, 0.25) is 0 Å². The molecule has 0 saturated heterocycles. The molecule has 0 atom stereocenters. The number of fused-ring (bicyclic) bond motifs is 1. The first-order valence-corrected chi connectivity index (χ1v) is 5.89. The molecule has 0 bridgehead atoms. The molecule has 3 heteroatoms. The minimum atomic E-state index is 0.874. The largest absolute Gasteiger partial charge is 0.245 e. The van der Waals surface area contributed by atoms with Crippen molar-refractivity contribution in [2.75, 3.05) is 0 Å². The number of aromatic nitrogens is 3. The van der Waals surface area contributed by atoms with Crippen LogP contribution in [-0.2, 0) is 19.4 Å². The summed E-state index contributed by atoms with van der Waals surface area (Å²) in [5.41, 5.74) is 5.48. The van der Waals surface area contributed by atoms with E-state index in [0.29, 0.717) is 0 Å². The molecule has 0 N–H and O–H groups in total. The van der Waals surface area contributed by atoms with Gasteiger partial charge in [0.15, 0.2) is 0 Å². The van der Waals surface area contributed by atoms with Crippen molar-refractivity contribution < 1.29 is 0 Å². The Kier molecular flexibility index (Phi) is 2.24. The lowest BCUT2D eigenvalue weighted by molar-refractivity contribution is 0.632. The van der Waals surface area contributed by atoms with Crippen LogP contribution in [0.25, 0.3) is 11.3 Å². The maximum Gasteiger partial charge on any atom is 0.0888 e. The Morgan fingerprint density at radius 3 is 3.12 bits per heavy atom. The van der Waals surface area contributed by atoms with Crippen LogP contribution in [0.1, 0.15) is 24.5 Å². The fourth-order valence-electron chi connectivity index (χ4n) is 2.56. The summed E-state index contributed by atoms with van der Waals surface area (Å²) >= 11 is 0. The number of aryl methyl sites for hydroxylation is 2. The molecule has 3 nitrogen and oxygen atoms in total. The standard InChI is InChI=1S/C13H15N3/c1-2-16-13(9-14-15-16)12-8-4-6-10-5-3-7-11(10)12/h4,6,8-9H,2-3,5,7H2,1H3. The lowest BCUT2D eigenvalue weighted by Crippen LogP contribution is -2.00. The highest BCUT2D eigenvalue weighted by atomic mass is 15.4. The minimum Gasteiger partial charge on any atom is -0.245 e. The maximum atomic E-state index is 4.10. The van der Waals surface area contributed by atoms with Crippen molar-refractivity contribution in [2.24, 2.45) is 0 Å². The molecule has 0 fully saturated rings. The van der Waals surface area contributed by atoms with Crippen LogP contribution >= 0.6 is 0 Å². The van der Waals surface area contributed by atoms with Crippen LogP contribution in [0.5, 0.6) is 0 Å². The lowest BCUT2D eigenvalue weighted by Gasteiger charge is -2.08. The highest BCUT2D eigenvalue weighted by Gasteiger charge is 2.17. The molecule has 0 aliphatic heterocycles. The third-order valence-electron chi connectivity index (χ3n) is 3.34. The second-order valence-electron chi connectivity index (χ2n) is 4.23. The first kappa shape index (κ1) is 9.58. The average molecular weight is 213 g/mol. The molecular formula is C13H15N3. The van der Waals surface area contributed by atoms with Crippen molar-refractivity contribution >= 4 is 0 Å². The summed E-state index contributed by atoms with van der Waals surface area (Å²) in [5.74, 6) is 0. The van der Waals surface area contributed by atoms with E-state index in [1.165, 1.54) is 36.0 Å². The fourth-order valence-corrected chi connectivity index (χ4v) is 2.56. The van der Waals surface area contributed by atoms with Crippen LogP contribution in [0.4, 0.5) is 0 Å². The van der Waals surface area contributed by atoms with Crippen LogP contribution in [0, 0.1) is 0 Å². The highest BCUT2D eigenvalue weighted by Crippen LogP contribution is 2.31. The van der Waals surface area contributed by atoms with Gasteiger partial charge in [0, 0.05) is 12.1 Å². The van der Waals surface area contributed by atoms with Gasteiger partial charge < -0.3 is 0 Å². The second kappa shape index (κ2) is 3.74. The van der Waals surface area contributed by atoms with E-state index in [4.69, 9.17) is 0 Å². The molecule has 82 valence electrons. The topological polar surface area (TPSA) is 30.7 Å². The molecule has 3 rings (SSSR count). The second-order valence-corrected chi connectivity index (χ2v) is 4.23. The van der Waals surface area contributed by atoms with E-state index in [-0.39, 0.29) is 0 Å². The van der Waals surface area contributed by atoms with Gasteiger partial charge >= 0.3 is 0 Å². The Morgan fingerprint density at radius 1 is 1.31 bits per heavy atom. The molecule has 0 saturated carbocycles.